The molecule has 21 heavy (non-hydrogen) atoms. The van der Waals surface area contributed by atoms with E-state index < -0.39 is 0 Å². The van der Waals surface area contributed by atoms with Crippen LogP contribution in [0.5, 0.6) is 0 Å². The first kappa shape index (κ1) is 20.5. The van der Waals surface area contributed by atoms with Gasteiger partial charge in [0.1, 0.15) is 0 Å². The highest BCUT2D eigenvalue weighted by Gasteiger charge is 2.22. The lowest BCUT2D eigenvalue weighted by atomic mass is 9.76. The SMILES string of the molecule is CC=CC(CC)=C(C)C(CCCCCCC)C(C)C(C)C. The molecule has 0 fully saturated rings. The first-order valence-electron chi connectivity index (χ1n) is 9.31. The molecule has 2 unspecified atom stereocenters. The van der Waals surface area contributed by atoms with Gasteiger partial charge in [0.15, 0.2) is 0 Å². The predicted octanol–water partition coefficient (Wildman–Crippen LogP) is 7.56. The van der Waals surface area contributed by atoms with Gasteiger partial charge in [0.05, 0.1) is 0 Å². The number of allylic oxidation sites excluding steroid dienone is 4. The van der Waals surface area contributed by atoms with E-state index in [4.69, 9.17) is 0 Å². The zero-order chi connectivity index (χ0) is 16.3. The molecule has 0 aromatic rings. The molecule has 0 bridgehead atoms. The van der Waals surface area contributed by atoms with Crippen molar-refractivity contribution >= 4 is 0 Å². The van der Waals surface area contributed by atoms with Gasteiger partial charge in [0, 0.05) is 0 Å². The highest BCUT2D eigenvalue weighted by Crippen LogP contribution is 2.34. The Kier molecular flexibility index (Phi) is 11.8. The van der Waals surface area contributed by atoms with Crippen molar-refractivity contribution < 1.29 is 0 Å². The van der Waals surface area contributed by atoms with Crippen molar-refractivity contribution in [2.45, 2.75) is 93.4 Å². The van der Waals surface area contributed by atoms with Crippen LogP contribution in [0, 0.1) is 17.8 Å². The molecule has 0 rings (SSSR count). The van der Waals surface area contributed by atoms with Crippen LogP contribution in [0.2, 0.25) is 0 Å². The summed E-state index contributed by atoms with van der Waals surface area (Å²) in [6, 6.07) is 0. The van der Waals surface area contributed by atoms with Crippen LogP contribution in [0.25, 0.3) is 0 Å². The normalized spacial score (nSPS) is 16.4. The Morgan fingerprint density at radius 2 is 1.57 bits per heavy atom. The summed E-state index contributed by atoms with van der Waals surface area (Å²) < 4.78 is 0. The van der Waals surface area contributed by atoms with Gasteiger partial charge in [0.2, 0.25) is 0 Å². The van der Waals surface area contributed by atoms with E-state index >= 15 is 0 Å². The van der Waals surface area contributed by atoms with Crippen molar-refractivity contribution in [2.75, 3.05) is 0 Å². The minimum absolute atomic E-state index is 0.762. The largest absolute Gasteiger partial charge is 0.0874 e. The fourth-order valence-electron chi connectivity index (χ4n) is 3.27. The van der Waals surface area contributed by atoms with Crippen LogP contribution in [0.1, 0.15) is 93.4 Å². The van der Waals surface area contributed by atoms with Gasteiger partial charge < -0.3 is 0 Å². The zero-order valence-electron chi connectivity index (χ0n) is 15.8. The lowest BCUT2D eigenvalue weighted by Crippen LogP contribution is -2.19. The third-order valence-corrected chi connectivity index (χ3v) is 5.12. The van der Waals surface area contributed by atoms with Crippen molar-refractivity contribution in [3.63, 3.8) is 0 Å². The van der Waals surface area contributed by atoms with Gasteiger partial charge >= 0.3 is 0 Å². The Bertz CT molecular complexity index is 306. The second-order valence-corrected chi connectivity index (χ2v) is 6.97. The van der Waals surface area contributed by atoms with Crippen LogP contribution in [0.3, 0.4) is 0 Å². The number of hydrogen-bond acceptors (Lipinski definition) is 0. The molecule has 0 saturated carbocycles. The quantitative estimate of drug-likeness (QED) is 0.272. The van der Waals surface area contributed by atoms with E-state index in [9.17, 15) is 0 Å². The van der Waals surface area contributed by atoms with Crippen molar-refractivity contribution in [1.82, 2.24) is 0 Å². The molecule has 0 aliphatic heterocycles. The molecule has 0 spiro atoms. The molecule has 0 saturated heterocycles. The second-order valence-electron chi connectivity index (χ2n) is 6.97. The summed E-state index contributed by atoms with van der Waals surface area (Å²) >= 11 is 0. The summed E-state index contributed by atoms with van der Waals surface area (Å²) in [4.78, 5) is 0. The van der Waals surface area contributed by atoms with Crippen molar-refractivity contribution in [1.29, 1.82) is 0 Å². The maximum Gasteiger partial charge on any atom is -0.0172 e. The van der Waals surface area contributed by atoms with E-state index in [1.807, 2.05) is 0 Å². The molecule has 0 aromatic carbocycles. The fourth-order valence-corrected chi connectivity index (χ4v) is 3.27. The van der Waals surface area contributed by atoms with E-state index in [1.165, 1.54) is 38.5 Å². The monoisotopic (exact) mass is 292 g/mol. The standard InChI is InChI=1S/C21H40/c1-8-11-12-13-14-16-21(18(6)17(4)5)19(7)20(10-3)15-9-2/h9,15,17-18,21H,8,10-14,16H2,1-7H3. The smallest absolute Gasteiger partial charge is 0.0172 e. The van der Waals surface area contributed by atoms with Crippen LogP contribution >= 0.6 is 0 Å². The topological polar surface area (TPSA) is 0 Å². The molecule has 2 atom stereocenters. The fraction of sp³-hybridized carbons (Fsp3) is 0.810. The van der Waals surface area contributed by atoms with Crippen LogP contribution in [0.4, 0.5) is 0 Å². The average Bonchev–Trinajstić information content (AvgIpc) is 2.47. The summed E-state index contributed by atoms with van der Waals surface area (Å²) in [5, 5.41) is 0. The highest BCUT2D eigenvalue weighted by molar-refractivity contribution is 5.26. The van der Waals surface area contributed by atoms with Gasteiger partial charge in [-0.2, -0.15) is 0 Å². The third-order valence-electron chi connectivity index (χ3n) is 5.12. The number of hydrogen-bond donors (Lipinski definition) is 0. The molecular weight excluding hydrogens is 252 g/mol. The van der Waals surface area contributed by atoms with E-state index in [0.29, 0.717) is 0 Å². The maximum atomic E-state index is 2.45. The van der Waals surface area contributed by atoms with E-state index in [-0.39, 0.29) is 0 Å². The Morgan fingerprint density at radius 1 is 0.952 bits per heavy atom. The van der Waals surface area contributed by atoms with Gasteiger partial charge in [-0.3, -0.25) is 0 Å². The summed E-state index contributed by atoms with van der Waals surface area (Å²) in [5.74, 6) is 2.31. The Labute approximate surface area is 135 Å². The predicted molar refractivity (Wildman–Crippen MR) is 98.7 cm³/mol. The summed E-state index contributed by atoms with van der Waals surface area (Å²) in [6.45, 7) is 16.3. The first-order valence-corrected chi connectivity index (χ1v) is 9.31. The van der Waals surface area contributed by atoms with Gasteiger partial charge in [-0.25, -0.2) is 0 Å². The van der Waals surface area contributed by atoms with Crippen molar-refractivity contribution in [3.8, 4) is 0 Å². The molecule has 124 valence electrons. The minimum atomic E-state index is 0.762. The molecule has 0 radical (unpaired) electrons. The van der Waals surface area contributed by atoms with Crippen LogP contribution in [0.15, 0.2) is 23.3 Å². The molecule has 0 nitrogen and oxygen atoms in total. The minimum Gasteiger partial charge on any atom is -0.0874 e. The molecular formula is C21H40. The van der Waals surface area contributed by atoms with Crippen LogP contribution in [-0.2, 0) is 0 Å². The molecule has 0 N–H and O–H groups in total. The Balaban J connectivity index is 4.88. The van der Waals surface area contributed by atoms with E-state index in [1.54, 1.807) is 11.1 Å². The molecule has 0 aliphatic rings. The maximum absolute atomic E-state index is 2.45. The van der Waals surface area contributed by atoms with Gasteiger partial charge in [0.25, 0.3) is 0 Å². The van der Waals surface area contributed by atoms with Crippen LogP contribution < -0.4 is 0 Å². The summed E-state index contributed by atoms with van der Waals surface area (Å²) in [5.41, 5.74) is 3.20. The van der Waals surface area contributed by atoms with Crippen LogP contribution in [-0.4, -0.2) is 0 Å². The first-order chi connectivity index (χ1) is 9.99. The van der Waals surface area contributed by atoms with Crippen molar-refractivity contribution in [2.24, 2.45) is 17.8 Å². The molecule has 0 aromatic heterocycles. The van der Waals surface area contributed by atoms with Crippen molar-refractivity contribution in [3.05, 3.63) is 23.3 Å². The zero-order valence-corrected chi connectivity index (χ0v) is 15.8. The third kappa shape index (κ3) is 7.88. The molecule has 0 heteroatoms. The van der Waals surface area contributed by atoms with Gasteiger partial charge in [-0.15, -0.1) is 0 Å². The highest BCUT2D eigenvalue weighted by atomic mass is 14.3. The van der Waals surface area contributed by atoms with Gasteiger partial charge in [-0.1, -0.05) is 84.4 Å². The lowest BCUT2D eigenvalue weighted by Gasteiger charge is -2.29. The van der Waals surface area contributed by atoms with Gasteiger partial charge in [-0.05, 0) is 50.0 Å². The Hall–Kier alpha value is -0.520. The Morgan fingerprint density at radius 3 is 2.05 bits per heavy atom. The molecule has 0 amide bonds. The lowest BCUT2D eigenvalue weighted by molar-refractivity contribution is 0.289. The second kappa shape index (κ2) is 12.1. The molecule has 0 aliphatic carbocycles. The summed E-state index contributed by atoms with van der Waals surface area (Å²) in [7, 11) is 0. The van der Waals surface area contributed by atoms with E-state index in [0.717, 1.165) is 24.2 Å². The average molecular weight is 293 g/mol. The number of rotatable bonds is 11. The van der Waals surface area contributed by atoms with E-state index in [2.05, 4.69) is 60.6 Å². The molecule has 0 heterocycles. The summed E-state index contributed by atoms with van der Waals surface area (Å²) in [6.07, 6.45) is 14.0. The number of unbranched alkanes of at least 4 members (excludes halogenated alkanes) is 4.